The molecule has 0 unspecified atom stereocenters. The molecule has 4 nitrogen and oxygen atoms in total. The van der Waals surface area contributed by atoms with Gasteiger partial charge in [-0.2, -0.15) is 0 Å². The van der Waals surface area contributed by atoms with Gasteiger partial charge in [0.15, 0.2) is 0 Å². The van der Waals surface area contributed by atoms with E-state index in [9.17, 15) is 9.90 Å². The maximum Gasteiger partial charge on any atom is 0.308 e. The molecule has 1 aliphatic rings. The van der Waals surface area contributed by atoms with Crippen molar-refractivity contribution in [3.05, 3.63) is 0 Å². The first-order valence-corrected chi connectivity index (χ1v) is 4.13. The fourth-order valence-electron chi connectivity index (χ4n) is 1.39. The summed E-state index contributed by atoms with van der Waals surface area (Å²) in [5.41, 5.74) is 0. The van der Waals surface area contributed by atoms with Crippen LogP contribution < -0.4 is 0 Å². The van der Waals surface area contributed by atoms with Crippen molar-refractivity contribution in [2.75, 3.05) is 0 Å². The third-order valence-electron chi connectivity index (χ3n) is 1.84. The molecule has 1 aliphatic heterocycles. The Morgan fingerprint density at radius 2 is 2.42 bits per heavy atom. The van der Waals surface area contributed by atoms with E-state index < -0.39 is 12.2 Å². The molecule has 0 radical (unpaired) electrons. The molecular weight excluding hydrogens is 160 g/mol. The molecule has 0 amide bonds. The van der Waals surface area contributed by atoms with Crippen molar-refractivity contribution in [3.63, 3.8) is 0 Å². The summed E-state index contributed by atoms with van der Waals surface area (Å²) in [6.07, 6.45) is -0.486. The summed E-state index contributed by atoms with van der Waals surface area (Å²) in [4.78, 5) is 10.8. The highest BCUT2D eigenvalue weighted by Crippen LogP contribution is 2.18. The van der Waals surface area contributed by atoms with Crippen molar-refractivity contribution in [2.24, 2.45) is 0 Å². The molecule has 2 N–H and O–H groups in total. The molecular formula is C8H14O4. The highest BCUT2D eigenvalue weighted by Gasteiger charge is 2.27. The van der Waals surface area contributed by atoms with E-state index in [0.717, 1.165) is 0 Å². The first-order chi connectivity index (χ1) is 5.58. The number of rotatable bonds is 2. The van der Waals surface area contributed by atoms with Crippen molar-refractivity contribution in [1.29, 1.82) is 0 Å². The molecule has 1 fully saturated rings. The number of carbonyl (C=O) groups is 1. The first-order valence-electron chi connectivity index (χ1n) is 4.13. The molecule has 1 rings (SSSR count). The fraction of sp³-hybridized carbons (Fsp3) is 0.875. The summed E-state index contributed by atoms with van der Waals surface area (Å²) in [5.74, 6) is -0.376. The van der Waals surface area contributed by atoms with Gasteiger partial charge in [-0.15, -0.1) is 0 Å². The second-order valence-corrected chi connectivity index (χ2v) is 3.29. The average molecular weight is 174 g/mol. The number of hydrogen-bond acceptors (Lipinski definition) is 4. The molecule has 0 bridgehead atoms. The molecule has 0 spiro atoms. The lowest BCUT2D eigenvalue weighted by Gasteiger charge is -2.26. The van der Waals surface area contributed by atoms with Crippen LogP contribution in [0.3, 0.4) is 0 Å². The molecule has 12 heavy (non-hydrogen) atoms. The first kappa shape index (κ1) is 9.48. The molecule has 0 aromatic carbocycles. The second kappa shape index (κ2) is 3.87. The Balaban J connectivity index is 2.39. The quantitative estimate of drug-likeness (QED) is 0.570. The van der Waals surface area contributed by atoms with Crippen LogP contribution in [-0.4, -0.2) is 34.5 Å². The van der Waals surface area contributed by atoms with E-state index >= 15 is 0 Å². The maximum atomic E-state index is 10.8. The van der Waals surface area contributed by atoms with Gasteiger partial charge >= 0.3 is 5.97 Å². The van der Waals surface area contributed by atoms with Gasteiger partial charge in [-0.25, -0.2) is 0 Å². The van der Waals surface area contributed by atoms with Gasteiger partial charge in [0.2, 0.25) is 0 Å². The Morgan fingerprint density at radius 3 is 2.92 bits per heavy atom. The minimum absolute atomic E-state index is 0.0797. The van der Waals surface area contributed by atoms with Crippen molar-refractivity contribution >= 4 is 5.97 Å². The van der Waals surface area contributed by atoms with E-state index in [-0.39, 0.29) is 18.5 Å². The van der Waals surface area contributed by atoms with E-state index in [0.29, 0.717) is 12.8 Å². The Labute approximate surface area is 71.2 Å². The van der Waals surface area contributed by atoms with Gasteiger partial charge in [0.1, 0.15) is 6.10 Å². The second-order valence-electron chi connectivity index (χ2n) is 3.29. The highest BCUT2D eigenvalue weighted by atomic mass is 16.5. The summed E-state index contributed by atoms with van der Waals surface area (Å²) in [6.45, 7) is 1.63. The van der Waals surface area contributed by atoms with Crippen LogP contribution in [-0.2, 0) is 9.53 Å². The predicted octanol–water partition coefficient (Wildman–Crippen LogP) is -0.176. The minimum atomic E-state index is -0.602. The van der Waals surface area contributed by atoms with Crippen LogP contribution in [0.25, 0.3) is 0 Å². The summed E-state index contributed by atoms with van der Waals surface area (Å²) in [7, 11) is 0. The van der Waals surface area contributed by atoms with Crippen LogP contribution in [0, 0.1) is 0 Å². The molecule has 4 heteroatoms. The lowest BCUT2D eigenvalue weighted by molar-refractivity contribution is -0.161. The Bertz CT molecular complexity index is 164. The molecule has 70 valence electrons. The molecule has 0 aromatic heterocycles. The SMILES string of the molecule is C[C@@H](O)C[C@@H]1C[C@@H](O)CC(=O)O1. The third kappa shape index (κ3) is 2.79. The number of ether oxygens (including phenoxy) is 1. The maximum absolute atomic E-state index is 10.8. The zero-order chi connectivity index (χ0) is 9.14. The number of aliphatic hydroxyl groups excluding tert-OH is 2. The zero-order valence-electron chi connectivity index (χ0n) is 7.06. The zero-order valence-corrected chi connectivity index (χ0v) is 7.06. The van der Waals surface area contributed by atoms with Crippen LogP contribution in [0.1, 0.15) is 26.2 Å². The Hall–Kier alpha value is -0.610. The smallest absolute Gasteiger partial charge is 0.308 e. The number of hydrogen-bond donors (Lipinski definition) is 2. The highest BCUT2D eigenvalue weighted by molar-refractivity contribution is 5.70. The number of esters is 1. The monoisotopic (exact) mass is 174 g/mol. The van der Waals surface area contributed by atoms with Crippen molar-refractivity contribution in [3.8, 4) is 0 Å². The van der Waals surface area contributed by atoms with Crippen molar-refractivity contribution in [1.82, 2.24) is 0 Å². The van der Waals surface area contributed by atoms with E-state index in [2.05, 4.69) is 0 Å². The average Bonchev–Trinajstić information content (AvgIpc) is 1.81. The normalized spacial score (nSPS) is 32.8. The van der Waals surface area contributed by atoms with Crippen LogP contribution in [0.5, 0.6) is 0 Å². The predicted molar refractivity (Wildman–Crippen MR) is 41.4 cm³/mol. The van der Waals surface area contributed by atoms with Gasteiger partial charge < -0.3 is 14.9 Å². The fourth-order valence-corrected chi connectivity index (χ4v) is 1.39. The van der Waals surface area contributed by atoms with E-state index in [1.807, 2.05) is 0 Å². The summed E-state index contributed by atoms with van der Waals surface area (Å²) in [5, 5.41) is 18.2. The number of carbonyl (C=O) groups excluding carboxylic acids is 1. The van der Waals surface area contributed by atoms with E-state index in [4.69, 9.17) is 9.84 Å². The largest absolute Gasteiger partial charge is 0.462 e. The van der Waals surface area contributed by atoms with Crippen molar-refractivity contribution < 1.29 is 19.7 Å². The van der Waals surface area contributed by atoms with Crippen LogP contribution in [0.2, 0.25) is 0 Å². The molecule has 1 saturated heterocycles. The molecule has 0 aliphatic carbocycles. The topological polar surface area (TPSA) is 66.8 Å². The van der Waals surface area contributed by atoms with Gasteiger partial charge in [-0.05, 0) is 6.92 Å². The molecule has 0 saturated carbocycles. The summed E-state index contributed by atoms with van der Waals surface area (Å²) in [6, 6.07) is 0. The van der Waals surface area contributed by atoms with Crippen LogP contribution >= 0.6 is 0 Å². The van der Waals surface area contributed by atoms with Gasteiger partial charge in [-0.3, -0.25) is 4.79 Å². The molecule has 0 aromatic rings. The molecule has 3 atom stereocenters. The summed E-state index contributed by atoms with van der Waals surface area (Å²) < 4.78 is 4.91. The standard InChI is InChI=1S/C8H14O4/c1-5(9)2-7-3-6(10)4-8(11)12-7/h5-7,9-10H,2-4H2,1H3/t5-,6-,7-/m1/s1. The van der Waals surface area contributed by atoms with Gasteiger partial charge in [-0.1, -0.05) is 0 Å². The van der Waals surface area contributed by atoms with Crippen LogP contribution in [0.4, 0.5) is 0 Å². The van der Waals surface area contributed by atoms with E-state index in [1.54, 1.807) is 6.92 Å². The number of cyclic esters (lactones) is 1. The van der Waals surface area contributed by atoms with E-state index in [1.165, 1.54) is 0 Å². The Kier molecular flexibility index (Phi) is 3.05. The summed E-state index contributed by atoms with van der Waals surface area (Å²) >= 11 is 0. The number of aliphatic hydroxyl groups is 2. The lowest BCUT2D eigenvalue weighted by Crippen LogP contribution is -2.34. The van der Waals surface area contributed by atoms with Gasteiger partial charge in [0, 0.05) is 12.8 Å². The van der Waals surface area contributed by atoms with Crippen LogP contribution in [0.15, 0.2) is 0 Å². The third-order valence-corrected chi connectivity index (χ3v) is 1.84. The van der Waals surface area contributed by atoms with Gasteiger partial charge in [0.25, 0.3) is 0 Å². The lowest BCUT2D eigenvalue weighted by atomic mass is 10.0. The van der Waals surface area contributed by atoms with Crippen molar-refractivity contribution in [2.45, 2.75) is 44.5 Å². The molecule has 1 heterocycles. The Morgan fingerprint density at radius 1 is 1.75 bits per heavy atom. The minimum Gasteiger partial charge on any atom is -0.462 e. The van der Waals surface area contributed by atoms with Gasteiger partial charge in [0.05, 0.1) is 18.6 Å².